The van der Waals surface area contributed by atoms with Gasteiger partial charge >= 0.3 is 5.97 Å². The summed E-state index contributed by atoms with van der Waals surface area (Å²) in [5.41, 5.74) is 10.8. The number of hydrogen-bond donors (Lipinski definition) is 8. The van der Waals surface area contributed by atoms with Gasteiger partial charge in [0.25, 0.3) is 0 Å². The highest BCUT2D eigenvalue weighted by Gasteiger charge is 2.36. The molecular weight excluding hydrogens is 835 g/mol. The summed E-state index contributed by atoms with van der Waals surface area (Å²) < 4.78 is 0. The van der Waals surface area contributed by atoms with Crippen molar-refractivity contribution < 1.29 is 63.0 Å². The number of primary amides is 1. The lowest BCUT2D eigenvalue weighted by Crippen LogP contribution is -2.44. The highest BCUT2D eigenvalue weighted by atomic mass is 16.4. The van der Waals surface area contributed by atoms with Crippen LogP contribution in [0.1, 0.15) is 130 Å². The van der Waals surface area contributed by atoms with E-state index in [1.165, 1.54) is 18.7 Å². The van der Waals surface area contributed by atoms with Crippen molar-refractivity contribution in [3.8, 4) is 0 Å². The number of hydrogen-bond acceptors (Lipinski definition) is 14. The molecule has 2 saturated heterocycles. The van der Waals surface area contributed by atoms with E-state index in [-0.39, 0.29) is 94.7 Å². The SMILES string of the molecule is CC(C)C[C@H](CC(=O)CNC(=O)[C@H](C)CC(=O)[C@H](CCC(N)=O)NC(=O)CCC(=O)[C@@H]1C[C@@H](O)CN1)C(=O)N[C@@H](C)C(=O)CCC(=O)N1CCC[C@H]1C(=O)C[C@@H](CCCCN)C(=O)O. The van der Waals surface area contributed by atoms with Gasteiger partial charge in [-0.15, -0.1) is 0 Å². The Morgan fingerprint density at radius 2 is 1.48 bits per heavy atom. The molecule has 64 heavy (non-hydrogen) atoms. The monoisotopic (exact) mass is 906 g/mol. The third kappa shape index (κ3) is 19.8. The number of nitrogens with two attached hydrogens (primary N) is 2. The van der Waals surface area contributed by atoms with E-state index in [1.807, 2.05) is 13.8 Å². The van der Waals surface area contributed by atoms with Gasteiger partial charge in [-0.1, -0.05) is 27.2 Å². The molecule has 20 nitrogen and oxygen atoms in total. The van der Waals surface area contributed by atoms with Crippen molar-refractivity contribution in [3.63, 3.8) is 0 Å². The molecule has 2 rings (SSSR count). The molecule has 0 bridgehead atoms. The lowest BCUT2D eigenvalue weighted by Gasteiger charge is -2.25. The van der Waals surface area contributed by atoms with E-state index in [2.05, 4.69) is 21.3 Å². The lowest BCUT2D eigenvalue weighted by molar-refractivity contribution is -0.145. The Labute approximate surface area is 374 Å². The first kappa shape index (κ1) is 55.2. The van der Waals surface area contributed by atoms with Crippen LogP contribution in [0, 0.1) is 23.7 Å². The molecule has 360 valence electrons. The maximum atomic E-state index is 13.4. The third-order valence-corrected chi connectivity index (χ3v) is 11.7. The summed E-state index contributed by atoms with van der Waals surface area (Å²) >= 11 is 0. The van der Waals surface area contributed by atoms with Crippen LogP contribution in [0.3, 0.4) is 0 Å². The van der Waals surface area contributed by atoms with Crippen molar-refractivity contribution in [3.05, 3.63) is 0 Å². The Morgan fingerprint density at radius 1 is 0.781 bits per heavy atom. The zero-order chi connectivity index (χ0) is 48.1. The van der Waals surface area contributed by atoms with Crippen molar-refractivity contribution >= 4 is 64.4 Å². The largest absolute Gasteiger partial charge is 0.481 e. The number of nitrogens with one attached hydrogen (secondary N) is 4. The maximum absolute atomic E-state index is 13.4. The summed E-state index contributed by atoms with van der Waals surface area (Å²) in [6.45, 7) is 7.15. The summed E-state index contributed by atoms with van der Waals surface area (Å²) in [5.74, 6) is -8.84. The number of Topliss-reactive ketones (excluding diaryl/α,β-unsaturated/α-hetero) is 5. The quantitative estimate of drug-likeness (QED) is 0.0405. The van der Waals surface area contributed by atoms with Crippen LogP contribution in [0.4, 0.5) is 0 Å². The van der Waals surface area contributed by atoms with E-state index < -0.39 is 107 Å². The average molecular weight is 906 g/mol. The van der Waals surface area contributed by atoms with E-state index in [9.17, 15) is 63.0 Å². The Hall–Kier alpha value is -4.95. The van der Waals surface area contributed by atoms with Crippen LogP contribution < -0.4 is 32.7 Å². The van der Waals surface area contributed by atoms with Crippen LogP contribution in [-0.2, 0) is 52.7 Å². The number of aliphatic hydroxyl groups excluding tert-OH is 1. The average Bonchev–Trinajstić information content (AvgIpc) is 3.91. The Balaban J connectivity index is 1.88. The van der Waals surface area contributed by atoms with E-state index in [4.69, 9.17) is 11.5 Å². The lowest BCUT2D eigenvalue weighted by atomic mass is 9.91. The number of ketones is 5. The van der Waals surface area contributed by atoms with Crippen LogP contribution in [0.5, 0.6) is 0 Å². The molecule has 0 radical (unpaired) electrons. The molecule has 0 aromatic rings. The predicted molar refractivity (Wildman–Crippen MR) is 232 cm³/mol. The molecule has 8 atom stereocenters. The van der Waals surface area contributed by atoms with Gasteiger partial charge in [-0.3, -0.25) is 52.7 Å². The van der Waals surface area contributed by atoms with Crippen LogP contribution in [0.25, 0.3) is 0 Å². The Morgan fingerprint density at radius 3 is 2.09 bits per heavy atom. The van der Waals surface area contributed by atoms with Gasteiger partial charge in [-0.25, -0.2) is 0 Å². The van der Waals surface area contributed by atoms with Gasteiger partial charge in [0.2, 0.25) is 29.5 Å². The fraction of sp³-hybridized carbons (Fsp3) is 0.750. The van der Waals surface area contributed by atoms with Gasteiger partial charge < -0.3 is 47.8 Å². The van der Waals surface area contributed by atoms with Gasteiger partial charge in [0.05, 0.1) is 42.7 Å². The van der Waals surface area contributed by atoms with Gasteiger partial charge in [-0.05, 0) is 64.3 Å². The molecule has 0 aliphatic carbocycles. The van der Waals surface area contributed by atoms with Crippen LogP contribution in [-0.4, -0.2) is 136 Å². The van der Waals surface area contributed by atoms with E-state index in [0.29, 0.717) is 45.2 Å². The van der Waals surface area contributed by atoms with Crippen LogP contribution >= 0.6 is 0 Å². The molecule has 2 fully saturated rings. The van der Waals surface area contributed by atoms with Crippen molar-refractivity contribution in [2.24, 2.45) is 35.1 Å². The molecule has 0 spiro atoms. The number of unbranched alkanes of at least 4 members (excludes halogenated alkanes) is 1. The topological polar surface area (TPSA) is 332 Å². The summed E-state index contributed by atoms with van der Waals surface area (Å²) in [4.78, 5) is 142. The summed E-state index contributed by atoms with van der Waals surface area (Å²) in [6.07, 6.45) is 0.334. The highest BCUT2D eigenvalue weighted by molar-refractivity contribution is 5.97. The summed E-state index contributed by atoms with van der Waals surface area (Å²) in [6, 6.07) is -3.51. The number of amides is 5. The Bertz CT molecular complexity index is 1690. The number of rotatable bonds is 32. The number of aliphatic hydroxyl groups is 1. The fourth-order valence-corrected chi connectivity index (χ4v) is 7.96. The minimum atomic E-state index is -1.17. The highest BCUT2D eigenvalue weighted by Crippen LogP contribution is 2.24. The second-order valence-electron chi connectivity index (χ2n) is 17.7. The fourth-order valence-electron chi connectivity index (χ4n) is 7.96. The van der Waals surface area contributed by atoms with Gasteiger partial charge in [0.1, 0.15) is 5.78 Å². The number of likely N-dealkylation sites (tertiary alicyclic amines) is 1. The molecule has 2 heterocycles. The molecule has 0 unspecified atom stereocenters. The molecule has 5 amide bonds. The number of carboxylic acids is 1. The van der Waals surface area contributed by atoms with Crippen molar-refractivity contribution in [1.82, 2.24) is 26.2 Å². The van der Waals surface area contributed by atoms with Crippen molar-refractivity contribution in [1.29, 1.82) is 0 Å². The van der Waals surface area contributed by atoms with Gasteiger partial charge in [0.15, 0.2) is 23.1 Å². The van der Waals surface area contributed by atoms with Crippen molar-refractivity contribution in [2.45, 2.75) is 161 Å². The molecule has 20 heteroatoms. The van der Waals surface area contributed by atoms with Crippen LogP contribution in [0.15, 0.2) is 0 Å². The van der Waals surface area contributed by atoms with E-state index >= 15 is 0 Å². The number of carbonyl (C=O) groups is 11. The summed E-state index contributed by atoms with van der Waals surface area (Å²) in [7, 11) is 0. The number of carboxylic acid groups (broad SMARTS) is 1. The second kappa shape index (κ2) is 28.1. The molecule has 10 N–H and O–H groups in total. The smallest absolute Gasteiger partial charge is 0.306 e. The Kier molecular flexibility index (Phi) is 24.2. The number of aliphatic carboxylic acids is 1. The van der Waals surface area contributed by atoms with Crippen LogP contribution in [0.2, 0.25) is 0 Å². The van der Waals surface area contributed by atoms with Crippen molar-refractivity contribution in [2.75, 3.05) is 26.2 Å². The first-order valence-electron chi connectivity index (χ1n) is 22.5. The molecular formula is C44H71N7O13. The van der Waals surface area contributed by atoms with Gasteiger partial charge in [0, 0.05) is 76.3 Å². The number of β-amino-alcohol motifs (C(OH)–C–C–N with tert-alkyl or cyclic N) is 1. The van der Waals surface area contributed by atoms with E-state index in [0.717, 1.165) is 0 Å². The first-order chi connectivity index (χ1) is 30.1. The number of carbonyl (C=O) groups excluding carboxylic acids is 10. The molecule has 2 aliphatic heterocycles. The zero-order valence-corrected chi connectivity index (χ0v) is 37.8. The third-order valence-electron chi connectivity index (χ3n) is 11.7. The minimum Gasteiger partial charge on any atom is -0.481 e. The van der Waals surface area contributed by atoms with Gasteiger partial charge in [-0.2, -0.15) is 0 Å². The summed E-state index contributed by atoms with van der Waals surface area (Å²) in [5, 5.41) is 29.8. The van der Waals surface area contributed by atoms with E-state index in [1.54, 1.807) is 0 Å². The first-order valence-corrected chi connectivity index (χ1v) is 22.5. The molecule has 0 aromatic carbocycles. The standard InChI is InChI=1S/C44H71N7O13/c1-25(2)18-29(43(62)49-27(4)35(54)12-15-41(60)51-17-7-9-34(51)38(57)21-28(44(63)64)8-5-6-16-45)20-30(52)24-48-42(61)26(3)19-37(56)32(10-13-39(46)58)50-40(59)14-11-36(55)33-22-31(53)23-47-33/h25-29,31-34,47,53H,5-24,45H2,1-4H3,(H2,46,58)(H,48,61)(H,49,62)(H,50,59)(H,63,64)/t26-,27+,28-,29-,31-,32+,33+,34+/m1/s1. The predicted octanol–water partition coefficient (Wildman–Crippen LogP) is -0.224. The normalized spacial score (nSPS) is 19.5. The minimum absolute atomic E-state index is 0.0255. The maximum Gasteiger partial charge on any atom is 0.306 e. The molecule has 0 aromatic heterocycles. The number of nitrogens with zero attached hydrogens (tertiary/aromatic N) is 1. The molecule has 2 aliphatic rings. The zero-order valence-electron chi connectivity index (χ0n) is 37.8. The molecule has 0 saturated carbocycles. The second-order valence-corrected chi connectivity index (χ2v) is 17.7.